The number of hydrogen-bond acceptors (Lipinski definition) is 4. The molecule has 2 aliphatic heterocycles. The smallest absolute Gasteiger partial charge is 0.354 e. The van der Waals surface area contributed by atoms with Gasteiger partial charge in [-0.25, -0.2) is 4.79 Å². The van der Waals surface area contributed by atoms with Gasteiger partial charge in [-0.2, -0.15) is 0 Å². The monoisotopic (exact) mass is 293 g/mol. The molecule has 2 aliphatic rings. The second-order valence-corrected chi connectivity index (χ2v) is 6.93. The van der Waals surface area contributed by atoms with Crippen molar-refractivity contribution in [2.24, 2.45) is 0 Å². The SMILES string of the molecule is Cc1ccc(SC2=C(C(=O)O)N3C(=O)CC3S2)cc1. The highest BCUT2D eigenvalue weighted by molar-refractivity contribution is 8.22. The second kappa shape index (κ2) is 4.61. The summed E-state index contributed by atoms with van der Waals surface area (Å²) < 4.78 is 0.701. The zero-order valence-corrected chi connectivity index (χ0v) is 11.8. The van der Waals surface area contributed by atoms with Crippen LogP contribution in [-0.2, 0) is 9.59 Å². The Balaban J connectivity index is 1.89. The number of carbonyl (C=O) groups is 2. The minimum atomic E-state index is -1.03. The molecule has 0 spiro atoms. The lowest BCUT2D eigenvalue weighted by molar-refractivity contribution is -0.145. The summed E-state index contributed by atoms with van der Waals surface area (Å²) in [7, 11) is 0. The summed E-state index contributed by atoms with van der Waals surface area (Å²) in [5.74, 6) is -1.13. The first-order valence-corrected chi connectivity index (χ1v) is 7.46. The maximum Gasteiger partial charge on any atom is 0.354 e. The third-order valence-electron chi connectivity index (χ3n) is 3.02. The Morgan fingerprint density at radius 1 is 1.42 bits per heavy atom. The lowest BCUT2D eigenvalue weighted by Crippen LogP contribution is -2.48. The zero-order chi connectivity index (χ0) is 13.6. The number of nitrogens with zero attached hydrogens (tertiary/aromatic N) is 1. The number of thioether (sulfide) groups is 2. The van der Waals surface area contributed by atoms with E-state index in [9.17, 15) is 14.7 Å². The molecule has 6 heteroatoms. The van der Waals surface area contributed by atoms with E-state index in [4.69, 9.17) is 0 Å². The molecule has 1 unspecified atom stereocenters. The maximum absolute atomic E-state index is 11.5. The number of carboxylic acid groups (broad SMARTS) is 1. The molecule has 98 valence electrons. The van der Waals surface area contributed by atoms with Crippen molar-refractivity contribution in [2.75, 3.05) is 0 Å². The van der Waals surface area contributed by atoms with Gasteiger partial charge in [0, 0.05) is 4.90 Å². The van der Waals surface area contributed by atoms with Crippen molar-refractivity contribution in [1.82, 2.24) is 4.90 Å². The summed E-state index contributed by atoms with van der Waals surface area (Å²) in [4.78, 5) is 25.2. The fraction of sp³-hybridized carbons (Fsp3) is 0.231. The van der Waals surface area contributed by atoms with Gasteiger partial charge in [-0.15, -0.1) is 0 Å². The van der Waals surface area contributed by atoms with E-state index in [0.29, 0.717) is 10.7 Å². The molecule has 2 heterocycles. The fourth-order valence-electron chi connectivity index (χ4n) is 2.00. The predicted molar refractivity (Wildman–Crippen MR) is 74.5 cm³/mol. The van der Waals surface area contributed by atoms with Crippen LogP contribution in [0.15, 0.2) is 39.1 Å². The van der Waals surface area contributed by atoms with Gasteiger partial charge < -0.3 is 5.11 Å². The number of carboxylic acids is 1. The van der Waals surface area contributed by atoms with Crippen LogP contribution >= 0.6 is 23.5 Å². The second-order valence-electron chi connectivity index (χ2n) is 4.40. The molecule has 0 radical (unpaired) electrons. The summed E-state index contributed by atoms with van der Waals surface area (Å²) in [6.45, 7) is 2.01. The molecule has 1 fully saturated rings. The van der Waals surface area contributed by atoms with E-state index < -0.39 is 5.97 Å². The molecule has 0 saturated carbocycles. The molecule has 1 aromatic carbocycles. The summed E-state index contributed by atoms with van der Waals surface area (Å²) >= 11 is 2.88. The van der Waals surface area contributed by atoms with Gasteiger partial charge in [0.05, 0.1) is 16.0 Å². The molecule has 0 bridgehead atoms. The minimum Gasteiger partial charge on any atom is -0.477 e. The number of β-lactam (4-membered cyclic amide) rings is 1. The number of carbonyl (C=O) groups excluding carboxylic acids is 1. The third kappa shape index (κ3) is 2.15. The molecule has 1 N–H and O–H groups in total. The molecule has 1 amide bonds. The third-order valence-corrected chi connectivity index (χ3v) is 5.50. The lowest BCUT2D eigenvalue weighted by Gasteiger charge is -2.33. The van der Waals surface area contributed by atoms with E-state index in [1.54, 1.807) is 0 Å². The predicted octanol–water partition coefficient (Wildman–Crippen LogP) is 2.65. The highest BCUT2D eigenvalue weighted by Gasteiger charge is 2.48. The van der Waals surface area contributed by atoms with Crippen molar-refractivity contribution in [3.05, 3.63) is 39.8 Å². The number of aliphatic carboxylic acids is 1. The standard InChI is InChI=1S/C13H11NO3S2/c1-7-2-4-8(5-3-7)18-13-11(12(16)17)14-9(15)6-10(14)19-13/h2-5,10H,6H2,1H3,(H,16,17). The fourth-order valence-corrected chi connectivity index (χ4v) is 4.69. The highest BCUT2D eigenvalue weighted by atomic mass is 32.2. The van der Waals surface area contributed by atoms with Crippen molar-refractivity contribution in [2.45, 2.75) is 23.6 Å². The molecule has 0 aliphatic carbocycles. The van der Waals surface area contributed by atoms with Gasteiger partial charge in [0.25, 0.3) is 0 Å². The quantitative estimate of drug-likeness (QED) is 0.868. The van der Waals surface area contributed by atoms with Crippen LogP contribution in [0, 0.1) is 6.92 Å². The number of amides is 1. The van der Waals surface area contributed by atoms with E-state index in [1.165, 1.54) is 28.4 Å². The Kier molecular flexibility index (Phi) is 3.06. The van der Waals surface area contributed by atoms with Crippen molar-refractivity contribution >= 4 is 35.4 Å². The minimum absolute atomic E-state index is 0.0217. The first-order chi connectivity index (χ1) is 9.06. The largest absolute Gasteiger partial charge is 0.477 e. The van der Waals surface area contributed by atoms with Crippen LogP contribution in [0.2, 0.25) is 0 Å². The number of hydrogen-bond donors (Lipinski definition) is 1. The van der Waals surface area contributed by atoms with Crippen LogP contribution in [-0.4, -0.2) is 27.3 Å². The van der Waals surface area contributed by atoms with E-state index in [0.717, 1.165) is 10.5 Å². The van der Waals surface area contributed by atoms with E-state index in [2.05, 4.69) is 0 Å². The van der Waals surface area contributed by atoms with Crippen LogP contribution in [0.4, 0.5) is 0 Å². The summed E-state index contributed by atoms with van der Waals surface area (Å²) in [5, 5.41) is 9.25. The van der Waals surface area contributed by atoms with Crippen LogP contribution in [0.5, 0.6) is 0 Å². The number of fused-ring (bicyclic) bond motifs is 1. The summed E-state index contributed by atoms with van der Waals surface area (Å²) in [6, 6.07) is 7.90. The molecular formula is C13H11NO3S2. The molecule has 3 rings (SSSR count). The van der Waals surface area contributed by atoms with Gasteiger partial charge in [0.2, 0.25) is 5.91 Å². The lowest BCUT2D eigenvalue weighted by atomic mass is 10.2. The molecule has 1 aromatic rings. The maximum atomic E-state index is 11.5. The number of rotatable bonds is 3. The Morgan fingerprint density at radius 3 is 2.68 bits per heavy atom. The first kappa shape index (κ1) is 12.6. The van der Waals surface area contributed by atoms with Crippen molar-refractivity contribution in [3.8, 4) is 0 Å². The molecule has 4 nitrogen and oxygen atoms in total. The summed E-state index contributed by atoms with van der Waals surface area (Å²) in [6.07, 6.45) is 0.430. The van der Waals surface area contributed by atoms with E-state index in [-0.39, 0.29) is 17.0 Å². The average molecular weight is 293 g/mol. The van der Waals surface area contributed by atoms with E-state index >= 15 is 0 Å². The summed E-state index contributed by atoms with van der Waals surface area (Å²) in [5.41, 5.74) is 1.30. The van der Waals surface area contributed by atoms with Gasteiger partial charge in [0.1, 0.15) is 0 Å². The molecular weight excluding hydrogens is 282 g/mol. The number of benzene rings is 1. The molecule has 1 atom stereocenters. The topological polar surface area (TPSA) is 57.6 Å². The van der Waals surface area contributed by atoms with Crippen molar-refractivity contribution in [1.29, 1.82) is 0 Å². The zero-order valence-electron chi connectivity index (χ0n) is 10.1. The van der Waals surface area contributed by atoms with Crippen LogP contribution < -0.4 is 0 Å². The van der Waals surface area contributed by atoms with Gasteiger partial charge in [-0.3, -0.25) is 9.69 Å². The first-order valence-electron chi connectivity index (χ1n) is 5.77. The number of aryl methyl sites for hydroxylation is 1. The van der Waals surface area contributed by atoms with Gasteiger partial charge in [0.15, 0.2) is 5.70 Å². The Morgan fingerprint density at radius 2 is 2.11 bits per heavy atom. The van der Waals surface area contributed by atoms with Gasteiger partial charge >= 0.3 is 5.97 Å². The van der Waals surface area contributed by atoms with Crippen molar-refractivity contribution < 1.29 is 14.7 Å². The Hall–Kier alpha value is -1.40. The molecule has 19 heavy (non-hydrogen) atoms. The van der Waals surface area contributed by atoms with Crippen molar-refractivity contribution in [3.63, 3.8) is 0 Å². The average Bonchev–Trinajstić information content (AvgIpc) is 2.65. The van der Waals surface area contributed by atoms with Crippen LogP contribution in [0.3, 0.4) is 0 Å². The van der Waals surface area contributed by atoms with E-state index in [1.807, 2.05) is 31.2 Å². The highest BCUT2D eigenvalue weighted by Crippen LogP contribution is 2.52. The van der Waals surface area contributed by atoms with Crippen LogP contribution in [0.25, 0.3) is 0 Å². The van der Waals surface area contributed by atoms with Gasteiger partial charge in [-0.05, 0) is 19.1 Å². The van der Waals surface area contributed by atoms with Crippen LogP contribution in [0.1, 0.15) is 12.0 Å². The Labute approximate surface area is 118 Å². The normalized spacial score (nSPS) is 21.4. The molecule has 1 saturated heterocycles. The Bertz CT molecular complexity index is 594. The molecule has 0 aromatic heterocycles. The van der Waals surface area contributed by atoms with Gasteiger partial charge in [-0.1, -0.05) is 41.2 Å².